The minimum absolute atomic E-state index is 0.0561. The second-order valence-electron chi connectivity index (χ2n) is 11.1. The Hall–Kier alpha value is -3.87. The average Bonchev–Trinajstić information content (AvgIpc) is 3.03. The Kier molecular flexibility index (Phi) is 12.8. The summed E-state index contributed by atoms with van der Waals surface area (Å²) in [4.78, 5) is 17.7. The van der Waals surface area contributed by atoms with Gasteiger partial charge in [-0.3, -0.25) is 0 Å². The van der Waals surface area contributed by atoms with E-state index in [1.54, 1.807) is 12.1 Å². The lowest BCUT2D eigenvalue weighted by Gasteiger charge is -2.28. The first kappa shape index (κ1) is 38.9. The number of anilines is 3. The second-order valence-corrected chi connectivity index (χ2v) is 14.2. The van der Waals surface area contributed by atoms with Crippen LogP contribution in [0.4, 0.5) is 43.8 Å². The van der Waals surface area contributed by atoms with Crippen molar-refractivity contribution in [1.29, 1.82) is 0 Å². The van der Waals surface area contributed by atoms with E-state index in [-0.39, 0.29) is 16.9 Å². The highest BCUT2D eigenvalue weighted by Gasteiger charge is 2.38. The highest BCUT2D eigenvalue weighted by atomic mass is 79.9. The molecule has 5 rings (SSSR count). The van der Waals surface area contributed by atoms with Crippen LogP contribution in [0.15, 0.2) is 76.1 Å². The van der Waals surface area contributed by atoms with Crippen molar-refractivity contribution in [2.45, 2.75) is 43.1 Å². The molecule has 1 heterocycles. The van der Waals surface area contributed by atoms with Gasteiger partial charge in [0.1, 0.15) is 10.7 Å². The SMILES string of the molecule is O=C(O)C(F)(F)F.O=S(=O)(NCC1CCC(CNc2nc(Nc3ccc(Cl)cc3)c3ccccc3n2)CC1)c1ccc(Br)cc1OC(F)(F)F. The predicted molar refractivity (Wildman–Crippen MR) is 178 cm³/mol. The summed E-state index contributed by atoms with van der Waals surface area (Å²) in [6, 6.07) is 18.5. The molecule has 0 atom stereocenters. The number of nitrogens with one attached hydrogen (secondary N) is 3. The molecule has 10 nitrogen and oxygen atoms in total. The second kappa shape index (κ2) is 16.4. The molecule has 0 spiro atoms. The van der Waals surface area contributed by atoms with Crippen LogP contribution >= 0.6 is 27.5 Å². The number of sulfonamides is 1. The van der Waals surface area contributed by atoms with E-state index in [1.807, 2.05) is 36.4 Å². The zero-order valence-electron chi connectivity index (χ0n) is 25.7. The lowest BCUT2D eigenvalue weighted by Crippen LogP contribution is -2.33. The third-order valence-corrected chi connectivity index (χ3v) is 9.66. The lowest BCUT2D eigenvalue weighted by molar-refractivity contribution is -0.275. The molecule has 0 radical (unpaired) electrons. The van der Waals surface area contributed by atoms with Crippen molar-refractivity contribution >= 4 is 71.9 Å². The van der Waals surface area contributed by atoms with Gasteiger partial charge in [-0.1, -0.05) is 39.7 Å². The van der Waals surface area contributed by atoms with Crippen molar-refractivity contribution in [2.75, 3.05) is 23.7 Å². The fourth-order valence-electron chi connectivity index (χ4n) is 5.01. The van der Waals surface area contributed by atoms with Crippen LogP contribution in [0.3, 0.4) is 0 Å². The molecule has 1 aliphatic carbocycles. The number of aromatic nitrogens is 2. The number of rotatable bonds is 10. The molecule has 4 aromatic rings. The molecule has 1 saturated carbocycles. The van der Waals surface area contributed by atoms with Crippen LogP contribution in [0.25, 0.3) is 10.9 Å². The summed E-state index contributed by atoms with van der Waals surface area (Å²) in [5, 5.41) is 15.3. The maximum Gasteiger partial charge on any atom is 0.573 e. The van der Waals surface area contributed by atoms with Crippen molar-refractivity contribution in [3.05, 3.63) is 76.2 Å². The van der Waals surface area contributed by atoms with Crippen molar-refractivity contribution < 1.29 is 49.4 Å². The van der Waals surface area contributed by atoms with E-state index in [9.17, 15) is 34.8 Å². The van der Waals surface area contributed by atoms with Crippen LogP contribution in [0.5, 0.6) is 5.75 Å². The van der Waals surface area contributed by atoms with Gasteiger partial charge in [0, 0.05) is 33.7 Å². The number of carboxylic acid groups (broad SMARTS) is 1. The summed E-state index contributed by atoms with van der Waals surface area (Å²) < 4.78 is 103. The maximum absolute atomic E-state index is 12.9. The van der Waals surface area contributed by atoms with E-state index in [0.29, 0.717) is 29.3 Å². The first-order valence-electron chi connectivity index (χ1n) is 14.8. The minimum atomic E-state index is -5.08. The number of alkyl halides is 6. The largest absolute Gasteiger partial charge is 0.573 e. The summed E-state index contributed by atoms with van der Waals surface area (Å²) in [5.74, 6) is -1.99. The van der Waals surface area contributed by atoms with Crippen LogP contribution in [-0.4, -0.2) is 55.1 Å². The monoisotopic (exact) mass is 811 g/mol. The molecule has 3 aromatic carbocycles. The van der Waals surface area contributed by atoms with Gasteiger partial charge >= 0.3 is 18.5 Å². The van der Waals surface area contributed by atoms with Gasteiger partial charge in [-0.05, 0) is 92.1 Å². The first-order valence-corrected chi connectivity index (χ1v) is 17.4. The molecule has 0 saturated heterocycles. The Morgan fingerprint density at radius 3 is 2.12 bits per heavy atom. The third kappa shape index (κ3) is 11.6. The molecule has 270 valence electrons. The summed E-state index contributed by atoms with van der Waals surface area (Å²) in [7, 11) is -4.22. The number of nitrogens with zero attached hydrogens (tertiary/aromatic N) is 2. The highest BCUT2D eigenvalue weighted by molar-refractivity contribution is 9.10. The van der Waals surface area contributed by atoms with E-state index >= 15 is 0 Å². The van der Waals surface area contributed by atoms with E-state index in [1.165, 1.54) is 6.07 Å². The lowest BCUT2D eigenvalue weighted by atomic mass is 9.82. The molecular formula is C31H29BrClF6N5O5S. The molecule has 0 amide bonds. The minimum Gasteiger partial charge on any atom is -0.475 e. The van der Waals surface area contributed by atoms with Crippen molar-refractivity contribution in [2.24, 2.45) is 11.8 Å². The number of hydrogen-bond acceptors (Lipinski definition) is 8. The van der Waals surface area contributed by atoms with Gasteiger partial charge in [0.15, 0.2) is 5.75 Å². The number of hydrogen-bond donors (Lipinski definition) is 4. The number of para-hydroxylation sites is 1. The molecule has 19 heteroatoms. The van der Waals surface area contributed by atoms with Gasteiger partial charge in [0.25, 0.3) is 0 Å². The number of aliphatic carboxylic acids is 1. The van der Waals surface area contributed by atoms with Gasteiger partial charge in [0.05, 0.1) is 5.52 Å². The molecule has 50 heavy (non-hydrogen) atoms. The van der Waals surface area contributed by atoms with Crippen LogP contribution in [0.2, 0.25) is 5.02 Å². The standard InChI is InChI=1S/C29H28BrClF3N5O3S.C2HF3O2/c30-20-9-14-26(25(15-20)42-29(32,33)34)43(40,41)36-17-19-7-5-18(6-8-19)16-35-28-38-24-4-2-1-3-23(24)27(39-28)37-22-12-10-21(31)11-13-22;3-2(4,5)1(6)7/h1-4,9-15,18-19,36H,5-8,16-17H2,(H2,35,37,38,39);(H,6,7). The molecule has 1 fully saturated rings. The fraction of sp³-hybridized carbons (Fsp3) is 0.323. The molecule has 0 unspecified atom stereocenters. The Labute approximate surface area is 295 Å². The smallest absolute Gasteiger partial charge is 0.475 e. The molecule has 1 aromatic heterocycles. The van der Waals surface area contributed by atoms with E-state index in [2.05, 4.69) is 41.0 Å². The number of fused-ring (bicyclic) bond motifs is 1. The molecule has 0 bridgehead atoms. The molecule has 0 aliphatic heterocycles. The predicted octanol–water partition coefficient (Wildman–Crippen LogP) is 8.52. The fourth-order valence-corrected chi connectivity index (χ4v) is 6.70. The van der Waals surface area contributed by atoms with Gasteiger partial charge in [-0.25, -0.2) is 22.9 Å². The summed E-state index contributed by atoms with van der Waals surface area (Å²) in [5.41, 5.74) is 1.64. The number of carbonyl (C=O) groups is 1. The van der Waals surface area contributed by atoms with Crippen LogP contribution < -0.4 is 20.1 Å². The van der Waals surface area contributed by atoms with Gasteiger partial charge < -0.3 is 20.5 Å². The van der Waals surface area contributed by atoms with Crippen molar-refractivity contribution in [3.63, 3.8) is 0 Å². The van der Waals surface area contributed by atoms with Crippen molar-refractivity contribution in [1.82, 2.24) is 14.7 Å². The zero-order chi connectivity index (χ0) is 36.7. The van der Waals surface area contributed by atoms with Gasteiger partial charge in [0.2, 0.25) is 16.0 Å². The summed E-state index contributed by atoms with van der Waals surface area (Å²) in [6.45, 7) is 0.770. The Balaban J connectivity index is 0.000000727. The zero-order valence-corrected chi connectivity index (χ0v) is 28.8. The highest BCUT2D eigenvalue weighted by Crippen LogP contribution is 2.34. The van der Waals surface area contributed by atoms with Crippen molar-refractivity contribution in [3.8, 4) is 5.75 Å². The Morgan fingerprint density at radius 2 is 1.52 bits per heavy atom. The van der Waals surface area contributed by atoms with E-state index in [0.717, 1.165) is 54.4 Å². The molecule has 4 N–H and O–H groups in total. The quantitative estimate of drug-likeness (QED) is 0.116. The van der Waals surface area contributed by atoms with E-state index < -0.39 is 39.2 Å². The first-order chi connectivity index (χ1) is 23.4. The Morgan fingerprint density at radius 1 is 0.920 bits per heavy atom. The Bertz CT molecular complexity index is 1890. The van der Waals surface area contributed by atoms with Crippen LogP contribution in [0, 0.1) is 11.8 Å². The third-order valence-electron chi connectivity index (χ3n) is 7.45. The summed E-state index contributed by atoms with van der Waals surface area (Å²) in [6.07, 6.45) is -6.87. The molecule has 1 aliphatic rings. The number of carboxylic acids is 1. The number of ether oxygens (including phenoxy) is 1. The van der Waals surface area contributed by atoms with Gasteiger partial charge in [-0.2, -0.15) is 18.2 Å². The summed E-state index contributed by atoms with van der Waals surface area (Å²) >= 11 is 9.07. The molecular weight excluding hydrogens is 784 g/mol. The maximum atomic E-state index is 12.9. The number of halogens is 8. The van der Waals surface area contributed by atoms with Crippen LogP contribution in [0.1, 0.15) is 25.7 Å². The number of benzene rings is 3. The topological polar surface area (TPSA) is 143 Å². The van der Waals surface area contributed by atoms with E-state index in [4.69, 9.17) is 26.5 Å². The van der Waals surface area contributed by atoms with Crippen LogP contribution in [-0.2, 0) is 14.8 Å². The van der Waals surface area contributed by atoms with Gasteiger partial charge in [-0.15, -0.1) is 13.2 Å². The average molecular weight is 813 g/mol. The normalized spacial score (nSPS) is 16.6.